The van der Waals surface area contributed by atoms with Crippen molar-refractivity contribution in [1.29, 1.82) is 0 Å². The van der Waals surface area contributed by atoms with Crippen LogP contribution >= 0.6 is 11.3 Å². The fourth-order valence-electron chi connectivity index (χ4n) is 3.63. The van der Waals surface area contributed by atoms with Crippen LogP contribution in [0.5, 0.6) is 0 Å². The zero-order chi connectivity index (χ0) is 13.9. The lowest BCUT2D eigenvalue weighted by Crippen LogP contribution is -2.50. The molecule has 1 atom stereocenters. The first-order valence-electron chi connectivity index (χ1n) is 7.52. The van der Waals surface area contributed by atoms with Crippen molar-refractivity contribution in [3.05, 3.63) is 22.4 Å². The van der Waals surface area contributed by atoms with E-state index >= 15 is 0 Å². The predicted octanol–water partition coefficient (Wildman–Crippen LogP) is 3.89. The molecule has 0 amide bonds. The summed E-state index contributed by atoms with van der Waals surface area (Å²) in [5.74, 6) is 0.837. The molecule has 1 aromatic heterocycles. The lowest BCUT2D eigenvalue weighted by molar-refractivity contribution is -0.0958. The van der Waals surface area contributed by atoms with Crippen molar-refractivity contribution < 1.29 is 5.11 Å². The first kappa shape index (κ1) is 15.0. The van der Waals surface area contributed by atoms with Gasteiger partial charge in [0, 0.05) is 16.8 Å². The van der Waals surface area contributed by atoms with E-state index in [1.54, 1.807) is 11.3 Å². The second kappa shape index (κ2) is 5.94. The van der Waals surface area contributed by atoms with Crippen LogP contribution in [0.2, 0.25) is 0 Å². The SMILES string of the molecule is CCCC1CCC(CN)(C(C)(O)c2cccs2)CC1. The van der Waals surface area contributed by atoms with E-state index in [0.29, 0.717) is 6.54 Å². The Balaban J connectivity index is 2.16. The quantitative estimate of drug-likeness (QED) is 0.860. The number of rotatable bonds is 5. The molecule has 1 aliphatic rings. The van der Waals surface area contributed by atoms with Crippen LogP contribution in [-0.2, 0) is 5.60 Å². The molecule has 1 aromatic rings. The van der Waals surface area contributed by atoms with Gasteiger partial charge in [-0.3, -0.25) is 0 Å². The number of thiophene rings is 1. The largest absolute Gasteiger partial charge is 0.384 e. The van der Waals surface area contributed by atoms with E-state index in [0.717, 1.165) is 23.6 Å². The van der Waals surface area contributed by atoms with Gasteiger partial charge in [-0.1, -0.05) is 25.8 Å². The highest BCUT2D eigenvalue weighted by Crippen LogP contribution is 2.51. The minimum absolute atomic E-state index is 0.137. The monoisotopic (exact) mass is 281 g/mol. The average Bonchev–Trinajstić information content (AvgIpc) is 2.94. The Kier molecular flexibility index (Phi) is 4.70. The molecule has 1 aliphatic carbocycles. The summed E-state index contributed by atoms with van der Waals surface area (Å²) >= 11 is 1.64. The summed E-state index contributed by atoms with van der Waals surface area (Å²) in [4.78, 5) is 1.06. The molecule has 1 unspecified atom stereocenters. The normalized spacial score (nSPS) is 31.1. The molecule has 0 aliphatic heterocycles. The molecule has 2 nitrogen and oxygen atoms in total. The third kappa shape index (κ3) is 2.74. The van der Waals surface area contributed by atoms with Crippen LogP contribution in [0.15, 0.2) is 17.5 Å². The molecule has 1 heterocycles. The lowest BCUT2D eigenvalue weighted by atomic mass is 9.61. The summed E-state index contributed by atoms with van der Waals surface area (Å²) in [6.45, 7) is 4.80. The van der Waals surface area contributed by atoms with Gasteiger partial charge in [0.2, 0.25) is 0 Å². The molecule has 1 saturated carbocycles. The first-order valence-corrected chi connectivity index (χ1v) is 8.40. The third-order valence-electron chi connectivity index (χ3n) is 5.18. The second-order valence-corrected chi connectivity index (χ2v) is 7.21. The fraction of sp³-hybridized carbons (Fsp3) is 0.750. The zero-order valence-corrected chi connectivity index (χ0v) is 13.0. The molecular formula is C16H27NOS. The maximum atomic E-state index is 11.1. The lowest BCUT2D eigenvalue weighted by Gasteiger charge is -2.48. The van der Waals surface area contributed by atoms with Gasteiger partial charge in [0.05, 0.1) is 0 Å². The van der Waals surface area contributed by atoms with E-state index in [1.165, 1.54) is 25.7 Å². The zero-order valence-electron chi connectivity index (χ0n) is 12.2. The van der Waals surface area contributed by atoms with E-state index < -0.39 is 5.60 Å². The van der Waals surface area contributed by atoms with Crippen molar-refractivity contribution in [2.45, 2.75) is 58.0 Å². The van der Waals surface area contributed by atoms with Crippen LogP contribution in [0.25, 0.3) is 0 Å². The van der Waals surface area contributed by atoms with Crippen molar-refractivity contribution in [3.63, 3.8) is 0 Å². The summed E-state index contributed by atoms with van der Waals surface area (Å²) < 4.78 is 0. The molecule has 3 heteroatoms. The van der Waals surface area contributed by atoms with E-state index in [4.69, 9.17) is 5.73 Å². The molecule has 0 saturated heterocycles. The van der Waals surface area contributed by atoms with Crippen LogP contribution < -0.4 is 5.73 Å². The van der Waals surface area contributed by atoms with E-state index in [2.05, 4.69) is 6.92 Å². The molecule has 3 N–H and O–H groups in total. The minimum atomic E-state index is -0.785. The summed E-state index contributed by atoms with van der Waals surface area (Å²) in [7, 11) is 0. The van der Waals surface area contributed by atoms with Gasteiger partial charge in [-0.2, -0.15) is 0 Å². The molecule has 108 valence electrons. The summed E-state index contributed by atoms with van der Waals surface area (Å²) in [5, 5.41) is 13.1. The van der Waals surface area contributed by atoms with Crippen molar-refractivity contribution in [2.75, 3.05) is 6.54 Å². The predicted molar refractivity (Wildman–Crippen MR) is 82.2 cm³/mol. The van der Waals surface area contributed by atoms with Gasteiger partial charge in [-0.05, 0) is 50.0 Å². The standard InChI is InChI=1S/C16H27NOS/c1-3-5-13-7-9-16(12-17,10-8-13)15(2,18)14-6-4-11-19-14/h4,6,11,13,18H,3,5,7-10,12,17H2,1-2H3. The highest BCUT2D eigenvalue weighted by atomic mass is 32.1. The van der Waals surface area contributed by atoms with Gasteiger partial charge >= 0.3 is 0 Å². The van der Waals surface area contributed by atoms with Crippen molar-refractivity contribution in [1.82, 2.24) is 0 Å². The Labute approximate surface area is 121 Å². The van der Waals surface area contributed by atoms with Crippen LogP contribution in [0.3, 0.4) is 0 Å². The molecule has 0 spiro atoms. The number of aliphatic hydroxyl groups is 1. The maximum absolute atomic E-state index is 11.1. The fourth-order valence-corrected chi connectivity index (χ4v) is 4.54. The van der Waals surface area contributed by atoms with Crippen LogP contribution in [0.1, 0.15) is 57.2 Å². The topological polar surface area (TPSA) is 46.2 Å². The molecule has 0 radical (unpaired) electrons. The molecule has 0 bridgehead atoms. The summed E-state index contributed by atoms with van der Waals surface area (Å²) in [6, 6.07) is 4.06. The molecular weight excluding hydrogens is 254 g/mol. The number of hydrogen-bond donors (Lipinski definition) is 2. The Morgan fingerprint density at radius 3 is 2.63 bits per heavy atom. The first-order chi connectivity index (χ1) is 9.05. The Morgan fingerprint density at radius 1 is 1.47 bits per heavy atom. The average molecular weight is 281 g/mol. The van der Waals surface area contributed by atoms with Gasteiger partial charge in [0.25, 0.3) is 0 Å². The highest BCUT2D eigenvalue weighted by Gasteiger charge is 2.49. The van der Waals surface area contributed by atoms with Gasteiger partial charge in [-0.15, -0.1) is 11.3 Å². The number of hydrogen-bond acceptors (Lipinski definition) is 3. The smallest absolute Gasteiger partial charge is 0.103 e. The highest BCUT2D eigenvalue weighted by molar-refractivity contribution is 7.10. The molecule has 2 rings (SSSR count). The van der Waals surface area contributed by atoms with Crippen molar-refractivity contribution in [2.24, 2.45) is 17.1 Å². The van der Waals surface area contributed by atoms with Gasteiger partial charge < -0.3 is 10.8 Å². The van der Waals surface area contributed by atoms with Gasteiger partial charge in [-0.25, -0.2) is 0 Å². The second-order valence-electron chi connectivity index (χ2n) is 6.27. The van der Waals surface area contributed by atoms with Gasteiger partial charge in [0.1, 0.15) is 5.60 Å². The Morgan fingerprint density at radius 2 is 2.16 bits per heavy atom. The van der Waals surface area contributed by atoms with E-state index in [1.807, 2.05) is 24.4 Å². The van der Waals surface area contributed by atoms with Crippen LogP contribution in [0.4, 0.5) is 0 Å². The van der Waals surface area contributed by atoms with Crippen molar-refractivity contribution in [3.8, 4) is 0 Å². The number of nitrogens with two attached hydrogens (primary N) is 1. The minimum Gasteiger partial charge on any atom is -0.384 e. The van der Waals surface area contributed by atoms with Crippen LogP contribution in [0, 0.1) is 11.3 Å². The molecule has 19 heavy (non-hydrogen) atoms. The molecule has 1 fully saturated rings. The van der Waals surface area contributed by atoms with Crippen LogP contribution in [-0.4, -0.2) is 11.7 Å². The maximum Gasteiger partial charge on any atom is 0.103 e. The van der Waals surface area contributed by atoms with Gasteiger partial charge in [0.15, 0.2) is 0 Å². The van der Waals surface area contributed by atoms with E-state index in [9.17, 15) is 5.11 Å². The van der Waals surface area contributed by atoms with Crippen molar-refractivity contribution >= 4 is 11.3 Å². The molecule has 0 aromatic carbocycles. The van der Waals surface area contributed by atoms with E-state index in [-0.39, 0.29) is 5.41 Å². The summed E-state index contributed by atoms with van der Waals surface area (Å²) in [5.41, 5.74) is 5.17. The summed E-state index contributed by atoms with van der Waals surface area (Å²) in [6.07, 6.45) is 7.13. The Hall–Kier alpha value is -0.380. The third-order valence-corrected chi connectivity index (χ3v) is 6.26. The Bertz CT molecular complexity index is 377.